The summed E-state index contributed by atoms with van der Waals surface area (Å²) in [6.07, 6.45) is 5.10. The number of hydrogen-bond donors (Lipinski definition) is 1. The Kier molecular flexibility index (Phi) is 3.96. The molecule has 1 aliphatic rings. The molecule has 0 heterocycles. The lowest BCUT2D eigenvalue weighted by atomic mass is 9.69. The Hall–Kier alpha value is -0.310. The quantitative estimate of drug-likeness (QED) is 0.801. The van der Waals surface area contributed by atoms with E-state index in [1.807, 2.05) is 0 Å². The molecule has 94 valence electrons. The average Bonchev–Trinajstić information content (AvgIpc) is 2.35. The summed E-state index contributed by atoms with van der Waals surface area (Å²) in [5.41, 5.74) is 6.08. The number of rotatable bonds is 2. The zero-order valence-electron chi connectivity index (χ0n) is 9.61. The van der Waals surface area contributed by atoms with Crippen LogP contribution >= 0.6 is 23.2 Å². The molecule has 1 aromatic rings. The van der Waals surface area contributed by atoms with Gasteiger partial charge < -0.3 is 5.73 Å². The van der Waals surface area contributed by atoms with Gasteiger partial charge in [-0.15, -0.1) is 0 Å². The van der Waals surface area contributed by atoms with E-state index in [2.05, 4.69) is 0 Å². The molecule has 0 radical (unpaired) electrons. The van der Waals surface area contributed by atoms with Crippen LogP contribution in [0.5, 0.6) is 0 Å². The first-order chi connectivity index (χ1) is 8.10. The maximum Gasteiger partial charge on any atom is 0.147 e. The highest BCUT2D eigenvalue weighted by Gasteiger charge is 2.37. The Morgan fingerprint density at radius 2 is 1.71 bits per heavy atom. The van der Waals surface area contributed by atoms with Gasteiger partial charge in [0.15, 0.2) is 0 Å². The van der Waals surface area contributed by atoms with E-state index in [1.54, 1.807) is 6.07 Å². The third kappa shape index (κ3) is 2.31. The van der Waals surface area contributed by atoms with Gasteiger partial charge in [-0.25, -0.2) is 4.39 Å². The average molecular weight is 276 g/mol. The van der Waals surface area contributed by atoms with Crippen LogP contribution in [-0.2, 0) is 5.41 Å². The molecule has 0 saturated heterocycles. The molecule has 17 heavy (non-hydrogen) atoms. The van der Waals surface area contributed by atoms with Gasteiger partial charge in [0.2, 0.25) is 0 Å². The van der Waals surface area contributed by atoms with Crippen molar-refractivity contribution in [2.24, 2.45) is 5.73 Å². The summed E-state index contributed by atoms with van der Waals surface area (Å²) in [4.78, 5) is 0. The predicted octanol–water partition coefficient (Wildman–Crippen LogP) is 4.29. The van der Waals surface area contributed by atoms with E-state index in [9.17, 15) is 4.39 Å². The molecule has 2 rings (SSSR count). The smallest absolute Gasteiger partial charge is 0.147 e. The normalized spacial score (nSPS) is 19.3. The maximum absolute atomic E-state index is 14.2. The van der Waals surface area contributed by atoms with Crippen LogP contribution in [0, 0.1) is 5.82 Å². The molecule has 0 atom stereocenters. The van der Waals surface area contributed by atoms with Gasteiger partial charge in [-0.3, -0.25) is 0 Å². The van der Waals surface area contributed by atoms with Gasteiger partial charge >= 0.3 is 0 Å². The lowest BCUT2D eigenvalue weighted by molar-refractivity contribution is 0.292. The molecule has 1 fully saturated rings. The minimum Gasteiger partial charge on any atom is -0.330 e. The van der Waals surface area contributed by atoms with E-state index < -0.39 is 5.82 Å². The topological polar surface area (TPSA) is 26.0 Å². The number of benzene rings is 1. The first-order valence-corrected chi connectivity index (χ1v) is 6.70. The summed E-state index contributed by atoms with van der Waals surface area (Å²) in [6.45, 7) is 0.421. The van der Waals surface area contributed by atoms with Gasteiger partial charge in [0.1, 0.15) is 5.82 Å². The summed E-state index contributed by atoms with van der Waals surface area (Å²) in [6, 6.07) is 3.16. The van der Waals surface area contributed by atoms with Crippen molar-refractivity contribution in [3.63, 3.8) is 0 Å². The molecule has 1 aromatic carbocycles. The minimum absolute atomic E-state index is 0.128. The summed E-state index contributed by atoms with van der Waals surface area (Å²) in [7, 11) is 0. The van der Waals surface area contributed by atoms with Crippen LogP contribution in [0.4, 0.5) is 4.39 Å². The van der Waals surface area contributed by atoms with E-state index in [0.717, 1.165) is 25.7 Å². The van der Waals surface area contributed by atoms with Crippen LogP contribution in [0.2, 0.25) is 10.0 Å². The minimum atomic E-state index is -0.397. The number of hydrogen-bond acceptors (Lipinski definition) is 1. The van der Waals surface area contributed by atoms with Gasteiger partial charge in [0, 0.05) is 22.5 Å². The lowest BCUT2D eigenvalue weighted by Crippen LogP contribution is -2.38. The second-order valence-electron chi connectivity index (χ2n) is 4.76. The molecule has 1 saturated carbocycles. The lowest BCUT2D eigenvalue weighted by Gasteiger charge is -2.37. The monoisotopic (exact) mass is 275 g/mol. The molecule has 0 aromatic heterocycles. The first-order valence-electron chi connectivity index (χ1n) is 5.95. The molecule has 0 unspecified atom stereocenters. The molecule has 2 N–H and O–H groups in total. The second-order valence-corrected chi connectivity index (χ2v) is 5.58. The van der Waals surface area contributed by atoms with Crippen molar-refractivity contribution in [1.29, 1.82) is 0 Å². The molecule has 0 aliphatic heterocycles. The van der Waals surface area contributed by atoms with E-state index in [0.29, 0.717) is 17.1 Å². The number of halogens is 3. The highest BCUT2D eigenvalue weighted by Crippen LogP contribution is 2.44. The van der Waals surface area contributed by atoms with Gasteiger partial charge in [0.05, 0.1) is 5.02 Å². The fourth-order valence-corrected chi connectivity index (χ4v) is 3.30. The van der Waals surface area contributed by atoms with Gasteiger partial charge in [-0.2, -0.15) is 0 Å². The Morgan fingerprint density at radius 3 is 2.29 bits per heavy atom. The molecule has 4 heteroatoms. The van der Waals surface area contributed by atoms with Crippen LogP contribution in [0.15, 0.2) is 12.1 Å². The highest BCUT2D eigenvalue weighted by atomic mass is 35.5. The van der Waals surface area contributed by atoms with Crippen LogP contribution in [0.1, 0.15) is 37.7 Å². The van der Waals surface area contributed by atoms with E-state index in [4.69, 9.17) is 28.9 Å². The summed E-state index contributed by atoms with van der Waals surface area (Å²) in [5, 5.41) is 0.571. The molecule has 1 aliphatic carbocycles. The summed E-state index contributed by atoms with van der Waals surface area (Å²) in [5.74, 6) is -0.397. The Morgan fingerprint density at radius 1 is 1.12 bits per heavy atom. The van der Waals surface area contributed by atoms with Crippen molar-refractivity contribution in [2.45, 2.75) is 37.5 Å². The van der Waals surface area contributed by atoms with Gasteiger partial charge in [-0.1, -0.05) is 42.5 Å². The molecule has 0 amide bonds. The van der Waals surface area contributed by atoms with Crippen LogP contribution in [-0.4, -0.2) is 6.54 Å². The maximum atomic E-state index is 14.2. The Labute approximate surface area is 111 Å². The fourth-order valence-electron chi connectivity index (χ4n) is 2.80. The van der Waals surface area contributed by atoms with Crippen molar-refractivity contribution < 1.29 is 4.39 Å². The van der Waals surface area contributed by atoms with Gasteiger partial charge in [0.25, 0.3) is 0 Å². The summed E-state index contributed by atoms with van der Waals surface area (Å²) >= 11 is 12.0. The first kappa shape index (κ1) is 13.1. The van der Waals surface area contributed by atoms with Crippen molar-refractivity contribution in [1.82, 2.24) is 0 Å². The molecular weight excluding hydrogens is 260 g/mol. The number of nitrogens with two attached hydrogens (primary N) is 1. The van der Waals surface area contributed by atoms with Gasteiger partial charge in [-0.05, 0) is 25.0 Å². The van der Waals surface area contributed by atoms with Crippen LogP contribution in [0.25, 0.3) is 0 Å². The molecule has 1 nitrogen and oxygen atoms in total. The Balaban J connectivity index is 2.53. The van der Waals surface area contributed by atoms with Crippen LogP contribution < -0.4 is 5.73 Å². The largest absolute Gasteiger partial charge is 0.330 e. The molecule has 0 bridgehead atoms. The molecular formula is C13H16Cl2FN. The Bertz CT molecular complexity index is 414. The SMILES string of the molecule is NCC1(c2c(Cl)ccc(Cl)c2F)CCCCC1. The van der Waals surface area contributed by atoms with E-state index in [1.165, 1.54) is 12.5 Å². The molecule has 0 spiro atoms. The third-order valence-electron chi connectivity index (χ3n) is 3.78. The van der Waals surface area contributed by atoms with Crippen molar-refractivity contribution >= 4 is 23.2 Å². The van der Waals surface area contributed by atoms with Crippen molar-refractivity contribution in [2.75, 3.05) is 6.54 Å². The predicted molar refractivity (Wildman–Crippen MR) is 70.2 cm³/mol. The van der Waals surface area contributed by atoms with E-state index in [-0.39, 0.29) is 10.4 Å². The van der Waals surface area contributed by atoms with Crippen molar-refractivity contribution in [3.05, 3.63) is 33.6 Å². The fraction of sp³-hybridized carbons (Fsp3) is 0.538. The highest BCUT2D eigenvalue weighted by molar-refractivity contribution is 6.33. The van der Waals surface area contributed by atoms with Crippen LogP contribution in [0.3, 0.4) is 0 Å². The zero-order valence-corrected chi connectivity index (χ0v) is 11.1. The van der Waals surface area contributed by atoms with E-state index >= 15 is 0 Å². The summed E-state index contributed by atoms with van der Waals surface area (Å²) < 4.78 is 14.2. The van der Waals surface area contributed by atoms with Crippen molar-refractivity contribution in [3.8, 4) is 0 Å². The second kappa shape index (κ2) is 5.13. The zero-order chi connectivity index (χ0) is 12.5. The third-order valence-corrected chi connectivity index (χ3v) is 4.38. The standard InChI is InChI=1S/C13H16Cl2FN/c14-9-4-5-10(15)12(16)11(9)13(8-17)6-2-1-3-7-13/h4-5H,1-3,6-8,17H2.